The maximum Gasteiger partial charge on any atom is 0.261 e. The SMILES string of the molecule is CCN(C(=O)c1cnc(N2CCN(c3ccccn3)CC2)nc1)c1ccccc1. The number of pyridine rings is 1. The number of carbonyl (C=O) groups is 1. The minimum absolute atomic E-state index is 0.0924. The van der Waals surface area contributed by atoms with Crippen molar-refractivity contribution in [2.75, 3.05) is 47.4 Å². The molecule has 29 heavy (non-hydrogen) atoms. The van der Waals surface area contributed by atoms with Crippen LogP contribution in [-0.2, 0) is 0 Å². The van der Waals surface area contributed by atoms with Crippen LogP contribution in [0.5, 0.6) is 0 Å². The Hall–Kier alpha value is -3.48. The topological polar surface area (TPSA) is 65.5 Å². The van der Waals surface area contributed by atoms with Crippen LogP contribution in [0.2, 0.25) is 0 Å². The lowest BCUT2D eigenvalue weighted by Gasteiger charge is -2.35. The second-order valence-electron chi connectivity index (χ2n) is 6.82. The summed E-state index contributed by atoms with van der Waals surface area (Å²) in [7, 11) is 0. The van der Waals surface area contributed by atoms with E-state index in [1.54, 1.807) is 17.3 Å². The molecule has 1 fully saturated rings. The van der Waals surface area contributed by atoms with Crippen molar-refractivity contribution >= 4 is 23.4 Å². The van der Waals surface area contributed by atoms with Crippen molar-refractivity contribution < 1.29 is 4.79 Å². The van der Waals surface area contributed by atoms with E-state index in [1.807, 2.05) is 61.7 Å². The quantitative estimate of drug-likeness (QED) is 0.670. The Balaban J connectivity index is 1.41. The highest BCUT2D eigenvalue weighted by atomic mass is 16.2. The highest BCUT2D eigenvalue weighted by molar-refractivity contribution is 6.05. The molecule has 4 rings (SSSR count). The van der Waals surface area contributed by atoms with E-state index in [0.29, 0.717) is 18.1 Å². The predicted octanol–water partition coefficient (Wildman–Crippen LogP) is 2.86. The zero-order valence-corrected chi connectivity index (χ0v) is 16.5. The molecule has 7 nitrogen and oxygen atoms in total. The molecule has 0 unspecified atom stereocenters. The number of anilines is 3. The smallest absolute Gasteiger partial charge is 0.261 e. The van der Waals surface area contributed by atoms with Crippen LogP contribution in [0.25, 0.3) is 0 Å². The molecule has 0 N–H and O–H groups in total. The summed E-state index contributed by atoms with van der Waals surface area (Å²) in [6, 6.07) is 15.6. The minimum Gasteiger partial charge on any atom is -0.353 e. The standard InChI is InChI=1S/C22H24N6O/c1-2-28(19-8-4-3-5-9-19)21(29)18-16-24-22(25-17-18)27-14-12-26(13-15-27)20-10-6-7-11-23-20/h3-11,16-17H,2,12-15H2,1H3. The Bertz CT molecular complexity index is 925. The first kappa shape index (κ1) is 18.9. The molecule has 7 heteroatoms. The Morgan fingerprint density at radius 2 is 1.55 bits per heavy atom. The third-order valence-electron chi connectivity index (χ3n) is 5.05. The first-order valence-electron chi connectivity index (χ1n) is 9.86. The Morgan fingerprint density at radius 1 is 0.897 bits per heavy atom. The van der Waals surface area contributed by atoms with E-state index in [9.17, 15) is 4.79 Å². The van der Waals surface area contributed by atoms with Gasteiger partial charge in [-0.1, -0.05) is 24.3 Å². The van der Waals surface area contributed by atoms with E-state index < -0.39 is 0 Å². The molecule has 0 atom stereocenters. The summed E-state index contributed by atoms with van der Waals surface area (Å²) in [5.74, 6) is 1.56. The number of hydrogen-bond donors (Lipinski definition) is 0. The lowest BCUT2D eigenvalue weighted by atomic mass is 10.2. The van der Waals surface area contributed by atoms with Crippen molar-refractivity contribution in [2.24, 2.45) is 0 Å². The first-order chi connectivity index (χ1) is 14.3. The summed E-state index contributed by atoms with van der Waals surface area (Å²) < 4.78 is 0. The molecular weight excluding hydrogens is 364 g/mol. The molecule has 0 aliphatic carbocycles. The van der Waals surface area contributed by atoms with E-state index in [-0.39, 0.29) is 5.91 Å². The van der Waals surface area contributed by atoms with Crippen LogP contribution < -0.4 is 14.7 Å². The van der Waals surface area contributed by atoms with Crippen LogP contribution in [0.1, 0.15) is 17.3 Å². The van der Waals surface area contributed by atoms with Gasteiger partial charge >= 0.3 is 0 Å². The number of aromatic nitrogens is 3. The number of piperazine rings is 1. The average Bonchev–Trinajstić information content (AvgIpc) is 2.81. The van der Waals surface area contributed by atoms with Gasteiger partial charge in [0.2, 0.25) is 5.95 Å². The van der Waals surface area contributed by atoms with Gasteiger partial charge in [0.05, 0.1) is 5.56 Å². The lowest BCUT2D eigenvalue weighted by Crippen LogP contribution is -2.47. The molecule has 1 amide bonds. The summed E-state index contributed by atoms with van der Waals surface area (Å²) in [6.45, 7) is 5.89. The molecule has 0 radical (unpaired) electrons. The van der Waals surface area contributed by atoms with Gasteiger partial charge in [-0.3, -0.25) is 4.79 Å². The summed E-state index contributed by atoms with van der Waals surface area (Å²) >= 11 is 0. The summed E-state index contributed by atoms with van der Waals surface area (Å²) in [6.07, 6.45) is 5.07. The summed E-state index contributed by atoms with van der Waals surface area (Å²) in [5.41, 5.74) is 1.36. The zero-order chi connectivity index (χ0) is 20.1. The van der Waals surface area contributed by atoms with Crippen LogP contribution in [0.15, 0.2) is 67.1 Å². The third-order valence-corrected chi connectivity index (χ3v) is 5.05. The average molecular weight is 388 g/mol. The van der Waals surface area contributed by atoms with Crippen molar-refractivity contribution in [3.8, 4) is 0 Å². The second-order valence-corrected chi connectivity index (χ2v) is 6.82. The van der Waals surface area contributed by atoms with Gasteiger partial charge in [-0.05, 0) is 31.2 Å². The maximum atomic E-state index is 12.9. The Morgan fingerprint density at radius 3 is 2.17 bits per heavy atom. The van der Waals surface area contributed by atoms with Crippen LogP contribution in [-0.4, -0.2) is 53.6 Å². The van der Waals surface area contributed by atoms with Crippen LogP contribution in [0.3, 0.4) is 0 Å². The Kier molecular flexibility index (Phi) is 5.65. The minimum atomic E-state index is -0.0924. The maximum absolute atomic E-state index is 12.9. The van der Waals surface area contributed by atoms with Gasteiger partial charge in [0, 0.05) is 57.0 Å². The highest BCUT2D eigenvalue weighted by Gasteiger charge is 2.21. The normalized spacial score (nSPS) is 14.0. The van der Waals surface area contributed by atoms with Gasteiger partial charge in [0.25, 0.3) is 5.91 Å². The van der Waals surface area contributed by atoms with E-state index in [1.165, 1.54) is 0 Å². The number of benzene rings is 1. The van der Waals surface area contributed by atoms with Gasteiger partial charge in [0.1, 0.15) is 5.82 Å². The monoisotopic (exact) mass is 388 g/mol. The fourth-order valence-electron chi connectivity index (χ4n) is 3.48. The summed E-state index contributed by atoms with van der Waals surface area (Å²) in [4.78, 5) is 32.4. The highest BCUT2D eigenvalue weighted by Crippen LogP contribution is 2.18. The molecule has 2 aromatic heterocycles. The second kappa shape index (κ2) is 8.68. The van der Waals surface area contributed by atoms with Crippen molar-refractivity contribution in [2.45, 2.75) is 6.92 Å². The number of para-hydroxylation sites is 1. The fourth-order valence-corrected chi connectivity index (χ4v) is 3.48. The Labute approximate surface area is 170 Å². The number of rotatable bonds is 5. The molecule has 0 spiro atoms. The molecule has 1 aliphatic rings. The van der Waals surface area contributed by atoms with Crippen molar-refractivity contribution in [1.82, 2.24) is 15.0 Å². The van der Waals surface area contributed by atoms with Crippen LogP contribution in [0, 0.1) is 0 Å². The van der Waals surface area contributed by atoms with Gasteiger partial charge in [-0.15, -0.1) is 0 Å². The van der Waals surface area contributed by atoms with Crippen LogP contribution >= 0.6 is 0 Å². The van der Waals surface area contributed by atoms with Gasteiger partial charge in [-0.25, -0.2) is 15.0 Å². The molecule has 1 saturated heterocycles. The van der Waals surface area contributed by atoms with E-state index in [2.05, 4.69) is 24.8 Å². The first-order valence-corrected chi connectivity index (χ1v) is 9.86. The van der Waals surface area contributed by atoms with Crippen molar-refractivity contribution in [3.63, 3.8) is 0 Å². The molecule has 1 aliphatic heterocycles. The predicted molar refractivity (Wildman–Crippen MR) is 114 cm³/mol. The molecule has 148 valence electrons. The largest absolute Gasteiger partial charge is 0.353 e. The van der Waals surface area contributed by atoms with Crippen LogP contribution in [0.4, 0.5) is 17.5 Å². The number of nitrogens with zero attached hydrogens (tertiary/aromatic N) is 6. The van der Waals surface area contributed by atoms with E-state index in [4.69, 9.17) is 0 Å². The van der Waals surface area contributed by atoms with Gasteiger partial charge in [0.15, 0.2) is 0 Å². The molecule has 3 heterocycles. The number of hydrogen-bond acceptors (Lipinski definition) is 6. The van der Waals surface area contributed by atoms with Gasteiger partial charge < -0.3 is 14.7 Å². The molecular formula is C22H24N6O. The number of carbonyl (C=O) groups excluding carboxylic acids is 1. The molecule has 0 bridgehead atoms. The molecule has 3 aromatic rings. The van der Waals surface area contributed by atoms with Crippen molar-refractivity contribution in [3.05, 3.63) is 72.7 Å². The number of amides is 1. The zero-order valence-electron chi connectivity index (χ0n) is 16.5. The third kappa shape index (κ3) is 4.18. The molecule has 1 aromatic carbocycles. The van der Waals surface area contributed by atoms with Gasteiger partial charge in [-0.2, -0.15) is 0 Å². The fraction of sp³-hybridized carbons (Fsp3) is 0.273. The van der Waals surface area contributed by atoms with E-state index in [0.717, 1.165) is 37.7 Å². The summed E-state index contributed by atoms with van der Waals surface area (Å²) in [5, 5.41) is 0. The molecule has 0 saturated carbocycles. The van der Waals surface area contributed by atoms with Crippen molar-refractivity contribution in [1.29, 1.82) is 0 Å². The van der Waals surface area contributed by atoms with E-state index >= 15 is 0 Å². The lowest BCUT2D eigenvalue weighted by molar-refractivity contribution is 0.0987.